The summed E-state index contributed by atoms with van der Waals surface area (Å²) in [6.07, 6.45) is 24.6. The zero-order valence-electron chi connectivity index (χ0n) is 38.8. The Hall–Kier alpha value is -1.60. The highest BCUT2D eigenvalue weighted by molar-refractivity contribution is 7.47. The number of phosphoric acid groups is 1. The zero-order valence-corrected chi connectivity index (χ0v) is 39.7. The Morgan fingerprint density at radius 3 is 1.64 bits per heavy atom. The number of ether oxygens (including phenoxy) is 2. The predicted molar refractivity (Wildman–Crippen MR) is 236 cm³/mol. The molecule has 2 unspecified atom stereocenters. The van der Waals surface area contributed by atoms with Crippen molar-refractivity contribution < 1.29 is 46.8 Å². The molecule has 1 saturated heterocycles. The Bertz CT molecular complexity index is 1190. The van der Waals surface area contributed by atoms with Gasteiger partial charge in [0.25, 0.3) is 0 Å². The van der Waals surface area contributed by atoms with Gasteiger partial charge in [-0.1, -0.05) is 129 Å². The van der Waals surface area contributed by atoms with Gasteiger partial charge in [0.05, 0.1) is 33.7 Å². The van der Waals surface area contributed by atoms with Gasteiger partial charge >= 0.3 is 19.8 Å². The highest BCUT2D eigenvalue weighted by Gasteiger charge is 2.49. The Balaban J connectivity index is 2.29. The Kier molecular flexibility index (Phi) is 28.6. The quantitative estimate of drug-likeness (QED) is 0.0264. The normalized spacial score (nSPS) is 18.0. The van der Waals surface area contributed by atoms with E-state index in [-0.39, 0.29) is 37.9 Å². The smallest absolute Gasteiger partial charge is 0.472 e. The van der Waals surface area contributed by atoms with Crippen molar-refractivity contribution in [2.45, 2.75) is 212 Å². The van der Waals surface area contributed by atoms with E-state index in [1.807, 2.05) is 48.8 Å². The fraction of sp³-hybridized carbons (Fsp3) is 0.933. The lowest BCUT2D eigenvalue weighted by molar-refractivity contribution is -0.870. The van der Waals surface area contributed by atoms with Crippen molar-refractivity contribution in [3.8, 4) is 0 Å². The van der Waals surface area contributed by atoms with E-state index < -0.39 is 43.6 Å². The molecule has 1 aliphatic heterocycles. The van der Waals surface area contributed by atoms with Crippen molar-refractivity contribution in [2.75, 3.05) is 54.1 Å². The summed E-state index contributed by atoms with van der Waals surface area (Å²) < 4.78 is 34.3. The summed E-state index contributed by atoms with van der Waals surface area (Å²) >= 11 is 0. The van der Waals surface area contributed by atoms with E-state index in [0.29, 0.717) is 30.4 Å². The molecular weight excluding hydrogens is 773 g/mol. The van der Waals surface area contributed by atoms with Gasteiger partial charge in [-0.2, -0.15) is 0 Å². The molecule has 0 spiro atoms. The second-order valence-corrected chi connectivity index (χ2v) is 20.6. The van der Waals surface area contributed by atoms with Gasteiger partial charge in [0, 0.05) is 30.5 Å². The molecule has 3 atom stereocenters. The molecule has 1 rings (SSSR count). The first-order valence-electron chi connectivity index (χ1n) is 23.3. The lowest BCUT2D eigenvalue weighted by Crippen LogP contribution is -2.48. The van der Waals surface area contributed by atoms with Gasteiger partial charge < -0.3 is 34.4 Å². The number of carbonyl (C=O) groups excluding carboxylic acids is 3. The molecule has 1 fully saturated rings. The largest absolute Gasteiger partial charge is 0.784 e. The monoisotopic (exact) mass is 862 g/mol. The molecule has 13 nitrogen and oxygen atoms in total. The van der Waals surface area contributed by atoms with E-state index in [9.17, 15) is 29.0 Å². The molecule has 14 heteroatoms. The molecule has 2 N–H and O–H groups in total. The van der Waals surface area contributed by atoms with Gasteiger partial charge in [-0.05, 0) is 53.4 Å². The summed E-state index contributed by atoms with van der Waals surface area (Å²) in [5, 5.41) is 16.7. The van der Waals surface area contributed by atoms with Crippen LogP contribution in [0.1, 0.15) is 195 Å². The highest BCUT2D eigenvalue weighted by atomic mass is 31.2. The maximum absolute atomic E-state index is 12.8. The third-order valence-corrected chi connectivity index (χ3v) is 12.4. The number of hydroxylamine groups is 2. The van der Waals surface area contributed by atoms with Gasteiger partial charge in [0.2, 0.25) is 5.91 Å². The van der Waals surface area contributed by atoms with Crippen LogP contribution in [0.4, 0.5) is 0 Å². The minimum Gasteiger partial charge on any atom is -0.784 e. The number of likely N-dealkylation sites (N-methyl/N-ethyl adjacent to an activating group) is 1. The summed E-state index contributed by atoms with van der Waals surface area (Å²) in [6.45, 7) is 10.2. The molecule has 0 aromatic heterocycles. The van der Waals surface area contributed by atoms with E-state index in [1.165, 1.54) is 64.2 Å². The molecule has 59 heavy (non-hydrogen) atoms. The summed E-state index contributed by atoms with van der Waals surface area (Å²) in [7, 11) is 1.41. The standard InChI is InChI=1S/C45H88N3O10P/c1-9-10-11-12-13-14-15-16-17-19-22-25-28-31-41(49)55-37-39(38-57-59(53,54)56-35-34-48(6,7)8)58-42(50)32-29-26-23-20-18-21-24-27-30-33-46-43(51)40-36-44(2,3)47(52)45(40,4)5/h39-40H,9-38H2,1-8H3,(H,46,51)(H,53,54)/t39-,40?/m1/s1. The van der Waals surface area contributed by atoms with Gasteiger partial charge in [-0.25, -0.2) is 4.57 Å². The number of carbonyl (C=O) groups is 3. The minimum absolute atomic E-state index is 0.0115. The molecule has 348 valence electrons. The van der Waals surface area contributed by atoms with Crippen molar-refractivity contribution in [3.05, 3.63) is 5.21 Å². The van der Waals surface area contributed by atoms with Gasteiger partial charge in [-0.15, -0.1) is 0 Å². The first-order chi connectivity index (χ1) is 27.8. The molecule has 0 bridgehead atoms. The van der Waals surface area contributed by atoms with E-state index in [1.54, 1.807) is 0 Å². The summed E-state index contributed by atoms with van der Waals surface area (Å²) in [5.74, 6) is -1.20. The van der Waals surface area contributed by atoms with Crippen LogP contribution in [0.25, 0.3) is 0 Å². The molecule has 0 aromatic carbocycles. The van der Waals surface area contributed by atoms with Gasteiger partial charge in [-0.3, -0.25) is 23.4 Å². The SMILES string of the molecule is CCCCCCCCCCCCCCCC(=O)OC[C@H](COP(=O)(O)OCC[N+](C)(C)C)OC(=O)CCCCCCCCCCCNC(=O)C1CC(C)(C)N([O-])C1(C)C. The third-order valence-electron chi connectivity index (χ3n) is 11.5. The van der Waals surface area contributed by atoms with Crippen molar-refractivity contribution in [1.29, 1.82) is 0 Å². The van der Waals surface area contributed by atoms with E-state index in [4.69, 9.17) is 18.5 Å². The van der Waals surface area contributed by atoms with Crippen molar-refractivity contribution >= 4 is 25.7 Å². The average molecular weight is 862 g/mol. The summed E-state index contributed by atoms with van der Waals surface area (Å²) in [5.41, 5.74) is -1.24. The Morgan fingerprint density at radius 1 is 0.729 bits per heavy atom. The number of quaternary nitrogens is 1. The van der Waals surface area contributed by atoms with Gasteiger partial charge in [0.15, 0.2) is 6.10 Å². The number of esters is 2. The molecule has 0 radical (unpaired) electrons. The van der Waals surface area contributed by atoms with Crippen LogP contribution in [0.3, 0.4) is 0 Å². The molecular formula is C45H88N3O10P. The van der Waals surface area contributed by atoms with Crippen LogP contribution in [0.2, 0.25) is 0 Å². The van der Waals surface area contributed by atoms with Crippen LogP contribution in [0.5, 0.6) is 0 Å². The van der Waals surface area contributed by atoms with Crippen molar-refractivity contribution in [2.24, 2.45) is 5.92 Å². The first-order valence-corrected chi connectivity index (χ1v) is 24.8. The number of nitrogens with one attached hydrogen (secondary N) is 1. The Morgan fingerprint density at radius 2 is 1.19 bits per heavy atom. The number of nitrogens with zero attached hydrogens (tertiary/aromatic N) is 2. The van der Waals surface area contributed by atoms with Crippen LogP contribution in [0.15, 0.2) is 0 Å². The molecule has 0 aromatic rings. The third kappa shape index (κ3) is 27.2. The number of unbranched alkanes of at least 4 members (excludes halogenated alkanes) is 20. The van der Waals surface area contributed by atoms with E-state index in [2.05, 4.69) is 12.2 Å². The average Bonchev–Trinajstić information content (AvgIpc) is 3.32. The van der Waals surface area contributed by atoms with Crippen LogP contribution in [0, 0.1) is 11.1 Å². The fourth-order valence-electron chi connectivity index (χ4n) is 7.68. The molecule has 0 saturated carbocycles. The number of rotatable bonds is 37. The number of hydrogen-bond donors (Lipinski definition) is 2. The maximum Gasteiger partial charge on any atom is 0.472 e. The molecule has 0 aliphatic carbocycles. The number of phosphoric ester groups is 1. The Labute approximate surface area is 359 Å². The number of hydrogen-bond acceptors (Lipinski definition) is 10. The first kappa shape index (κ1) is 55.4. The van der Waals surface area contributed by atoms with Crippen molar-refractivity contribution in [1.82, 2.24) is 10.4 Å². The minimum atomic E-state index is -4.40. The van der Waals surface area contributed by atoms with Crippen LogP contribution < -0.4 is 5.32 Å². The lowest BCUT2D eigenvalue weighted by Gasteiger charge is -2.47. The molecule has 1 amide bonds. The van der Waals surface area contributed by atoms with Crippen LogP contribution in [-0.2, 0) is 37.5 Å². The van der Waals surface area contributed by atoms with Crippen LogP contribution in [-0.4, -0.2) is 104 Å². The van der Waals surface area contributed by atoms with E-state index >= 15 is 0 Å². The topological polar surface area (TPSA) is 164 Å². The zero-order chi connectivity index (χ0) is 44.2. The summed E-state index contributed by atoms with van der Waals surface area (Å²) in [6, 6.07) is 0. The molecule has 1 aliphatic rings. The molecule has 1 heterocycles. The summed E-state index contributed by atoms with van der Waals surface area (Å²) in [4.78, 5) is 48.2. The van der Waals surface area contributed by atoms with Crippen LogP contribution >= 0.6 is 7.82 Å². The number of amides is 1. The van der Waals surface area contributed by atoms with Crippen molar-refractivity contribution in [3.63, 3.8) is 0 Å². The lowest BCUT2D eigenvalue weighted by atomic mass is 9.86. The second-order valence-electron chi connectivity index (χ2n) is 19.1. The van der Waals surface area contributed by atoms with Gasteiger partial charge in [0.1, 0.15) is 19.8 Å². The fourth-order valence-corrected chi connectivity index (χ4v) is 8.43. The second kappa shape index (κ2) is 30.4. The highest BCUT2D eigenvalue weighted by Crippen LogP contribution is 2.44. The predicted octanol–water partition coefficient (Wildman–Crippen LogP) is 10.2. The maximum atomic E-state index is 12.8. The van der Waals surface area contributed by atoms with E-state index in [0.717, 1.165) is 75.7 Å².